The Bertz CT molecular complexity index is 512. The van der Waals surface area contributed by atoms with Crippen molar-refractivity contribution in [3.05, 3.63) is 16.0 Å². The van der Waals surface area contributed by atoms with Crippen molar-refractivity contribution in [2.45, 2.75) is 26.3 Å². The number of hydrogen-bond donors (Lipinski definition) is 2. The van der Waals surface area contributed by atoms with Crippen molar-refractivity contribution < 1.29 is 19.4 Å². The van der Waals surface area contributed by atoms with E-state index in [0.717, 1.165) is 16.9 Å². The summed E-state index contributed by atoms with van der Waals surface area (Å²) in [5.74, 6) is -1.00. The van der Waals surface area contributed by atoms with Gasteiger partial charge < -0.3 is 20.5 Å². The minimum Gasteiger partial charge on any atom is -0.478 e. The number of carboxylic acids is 1. The maximum Gasteiger partial charge on any atom is 0.410 e. The second-order valence-corrected chi connectivity index (χ2v) is 5.47. The topological polar surface area (TPSA) is 92.9 Å². The van der Waals surface area contributed by atoms with Crippen LogP contribution in [0.2, 0.25) is 0 Å². The number of carbonyl (C=O) groups is 2. The van der Waals surface area contributed by atoms with Crippen LogP contribution in [0.15, 0.2) is 0 Å². The quantitative estimate of drug-likeness (QED) is 0.884. The molecule has 2 heterocycles. The maximum atomic E-state index is 11.8. The first-order valence-corrected chi connectivity index (χ1v) is 6.91. The smallest absolute Gasteiger partial charge is 0.410 e. The zero-order valence-corrected chi connectivity index (χ0v) is 11.5. The average Bonchev–Trinajstić information content (AvgIpc) is 2.70. The lowest BCUT2D eigenvalue weighted by Crippen LogP contribution is -2.36. The Morgan fingerprint density at radius 2 is 2.26 bits per heavy atom. The van der Waals surface area contributed by atoms with Crippen molar-refractivity contribution in [1.82, 2.24) is 4.90 Å². The lowest BCUT2D eigenvalue weighted by atomic mass is 10.0. The molecule has 0 spiro atoms. The first-order chi connectivity index (χ1) is 9.04. The number of carboxylic acid groups (broad SMARTS) is 1. The SMILES string of the molecule is CCCOC(=O)N1CCc2c(sc(N)c2C(=O)O)C1. The Hall–Kier alpha value is -1.76. The number of aromatic carboxylic acids is 1. The monoisotopic (exact) mass is 284 g/mol. The fourth-order valence-corrected chi connectivity index (χ4v) is 3.22. The van der Waals surface area contributed by atoms with Gasteiger partial charge in [-0.25, -0.2) is 9.59 Å². The number of carbonyl (C=O) groups excluding carboxylic acids is 1. The standard InChI is InChI=1S/C12H16N2O4S/c1-2-5-18-12(17)14-4-3-7-8(6-14)19-10(13)9(7)11(15)16/h2-6,13H2,1H3,(H,15,16). The second kappa shape index (κ2) is 5.48. The van der Waals surface area contributed by atoms with Gasteiger partial charge >= 0.3 is 12.1 Å². The number of anilines is 1. The molecule has 3 N–H and O–H groups in total. The molecule has 104 valence electrons. The molecular weight excluding hydrogens is 268 g/mol. The highest BCUT2D eigenvalue weighted by molar-refractivity contribution is 7.16. The van der Waals surface area contributed by atoms with Gasteiger partial charge in [-0.2, -0.15) is 0 Å². The van der Waals surface area contributed by atoms with Crippen LogP contribution in [0.1, 0.15) is 34.1 Å². The van der Waals surface area contributed by atoms with E-state index in [0.29, 0.717) is 31.1 Å². The summed E-state index contributed by atoms with van der Waals surface area (Å²) in [4.78, 5) is 25.3. The Morgan fingerprint density at radius 3 is 2.89 bits per heavy atom. The summed E-state index contributed by atoms with van der Waals surface area (Å²) in [5, 5.41) is 9.43. The van der Waals surface area contributed by atoms with Gasteiger partial charge in [-0.3, -0.25) is 0 Å². The van der Waals surface area contributed by atoms with Crippen molar-refractivity contribution in [1.29, 1.82) is 0 Å². The summed E-state index contributed by atoms with van der Waals surface area (Å²) in [6.45, 7) is 3.17. The van der Waals surface area contributed by atoms with E-state index in [-0.39, 0.29) is 11.7 Å². The maximum absolute atomic E-state index is 11.8. The first kappa shape index (κ1) is 13.7. The molecule has 0 radical (unpaired) electrons. The number of fused-ring (bicyclic) bond motifs is 1. The molecule has 1 aliphatic heterocycles. The Morgan fingerprint density at radius 1 is 1.53 bits per heavy atom. The summed E-state index contributed by atoms with van der Waals surface area (Å²) >= 11 is 1.24. The molecule has 0 fully saturated rings. The van der Waals surface area contributed by atoms with E-state index in [1.165, 1.54) is 11.3 Å². The van der Waals surface area contributed by atoms with Gasteiger partial charge in [-0.1, -0.05) is 6.92 Å². The third-order valence-electron chi connectivity index (χ3n) is 2.99. The van der Waals surface area contributed by atoms with Crippen LogP contribution in [0.25, 0.3) is 0 Å². The molecule has 19 heavy (non-hydrogen) atoms. The van der Waals surface area contributed by atoms with Gasteiger partial charge in [-0.05, 0) is 18.4 Å². The van der Waals surface area contributed by atoms with Crippen LogP contribution >= 0.6 is 11.3 Å². The van der Waals surface area contributed by atoms with Crippen LogP contribution in [0, 0.1) is 0 Å². The molecule has 2 rings (SSSR count). The normalized spacial score (nSPS) is 14.1. The number of hydrogen-bond acceptors (Lipinski definition) is 5. The molecule has 0 bridgehead atoms. The number of thiophene rings is 1. The van der Waals surface area contributed by atoms with Crippen LogP contribution in [0.3, 0.4) is 0 Å². The van der Waals surface area contributed by atoms with E-state index in [4.69, 9.17) is 15.6 Å². The van der Waals surface area contributed by atoms with Crippen LogP contribution in [0.5, 0.6) is 0 Å². The number of ether oxygens (including phenoxy) is 1. The van der Waals surface area contributed by atoms with Gasteiger partial charge in [0.2, 0.25) is 0 Å². The van der Waals surface area contributed by atoms with Crippen LogP contribution in [0.4, 0.5) is 9.80 Å². The number of nitrogens with zero attached hydrogens (tertiary/aromatic N) is 1. The molecule has 1 aromatic rings. The minimum atomic E-state index is -1.00. The van der Waals surface area contributed by atoms with Crippen molar-refractivity contribution in [3.8, 4) is 0 Å². The molecule has 1 aromatic heterocycles. The Kier molecular flexibility index (Phi) is 3.94. The van der Waals surface area contributed by atoms with E-state index >= 15 is 0 Å². The highest BCUT2D eigenvalue weighted by Gasteiger charge is 2.29. The van der Waals surface area contributed by atoms with Crippen molar-refractivity contribution in [2.24, 2.45) is 0 Å². The number of rotatable bonds is 3. The number of amides is 1. The summed E-state index contributed by atoms with van der Waals surface area (Å²) in [5.41, 5.74) is 6.68. The van der Waals surface area contributed by atoms with Crippen LogP contribution < -0.4 is 5.73 Å². The molecule has 0 atom stereocenters. The van der Waals surface area contributed by atoms with Crippen molar-refractivity contribution in [2.75, 3.05) is 18.9 Å². The van der Waals surface area contributed by atoms with E-state index in [1.807, 2.05) is 6.92 Å². The summed E-state index contributed by atoms with van der Waals surface area (Å²) in [6, 6.07) is 0. The van der Waals surface area contributed by atoms with Crippen molar-refractivity contribution in [3.63, 3.8) is 0 Å². The van der Waals surface area contributed by atoms with Gasteiger partial charge in [0.25, 0.3) is 0 Å². The Labute approximate surface area is 114 Å². The first-order valence-electron chi connectivity index (χ1n) is 6.09. The van der Waals surface area contributed by atoms with Gasteiger partial charge in [0.05, 0.1) is 18.7 Å². The molecular formula is C12H16N2O4S. The zero-order valence-electron chi connectivity index (χ0n) is 10.6. The third-order valence-corrected chi connectivity index (χ3v) is 4.03. The molecule has 0 saturated heterocycles. The van der Waals surface area contributed by atoms with E-state index in [9.17, 15) is 9.59 Å². The fourth-order valence-electron chi connectivity index (χ4n) is 2.10. The predicted octanol–water partition coefficient (Wildman–Crippen LogP) is 1.93. The molecule has 0 aromatic carbocycles. The lowest BCUT2D eigenvalue weighted by Gasteiger charge is -2.26. The van der Waals surface area contributed by atoms with Gasteiger partial charge in [0, 0.05) is 11.4 Å². The molecule has 1 aliphatic rings. The van der Waals surface area contributed by atoms with Gasteiger partial charge in [0.15, 0.2) is 0 Å². The van der Waals surface area contributed by atoms with E-state index in [1.54, 1.807) is 4.90 Å². The molecule has 6 nitrogen and oxygen atoms in total. The number of nitrogens with two attached hydrogens (primary N) is 1. The van der Waals surface area contributed by atoms with Crippen LogP contribution in [-0.4, -0.2) is 35.2 Å². The predicted molar refractivity (Wildman–Crippen MR) is 71.4 cm³/mol. The highest BCUT2D eigenvalue weighted by atomic mass is 32.1. The highest BCUT2D eigenvalue weighted by Crippen LogP contribution is 2.35. The third kappa shape index (κ3) is 2.65. The summed E-state index contributed by atoms with van der Waals surface area (Å²) in [7, 11) is 0. The largest absolute Gasteiger partial charge is 0.478 e. The molecule has 0 saturated carbocycles. The van der Waals surface area contributed by atoms with E-state index in [2.05, 4.69) is 0 Å². The minimum absolute atomic E-state index is 0.196. The van der Waals surface area contributed by atoms with Gasteiger partial charge in [0.1, 0.15) is 5.00 Å². The average molecular weight is 284 g/mol. The molecule has 7 heteroatoms. The molecule has 0 unspecified atom stereocenters. The molecule has 0 aliphatic carbocycles. The van der Waals surface area contributed by atoms with Crippen LogP contribution in [-0.2, 0) is 17.7 Å². The lowest BCUT2D eigenvalue weighted by molar-refractivity contribution is 0.0696. The fraction of sp³-hybridized carbons (Fsp3) is 0.500. The second-order valence-electron chi connectivity index (χ2n) is 4.33. The zero-order chi connectivity index (χ0) is 14.0. The number of nitrogen functional groups attached to an aromatic ring is 1. The Balaban J connectivity index is 2.15. The van der Waals surface area contributed by atoms with Gasteiger partial charge in [-0.15, -0.1) is 11.3 Å². The van der Waals surface area contributed by atoms with E-state index < -0.39 is 5.97 Å². The van der Waals surface area contributed by atoms with Crippen molar-refractivity contribution >= 4 is 28.4 Å². The molecule has 1 amide bonds. The summed E-state index contributed by atoms with van der Waals surface area (Å²) < 4.78 is 5.07. The summed E-state index contributed by atoms with van der Waals surface area (Å²) in [6.07, 6.45) is 0.933.